The predicted octanol–water partition coefficient (Wildman–Crippen LogP) is 3.81. The molecule has 106 valence electrons. The molecule has 2 rings (SSSR count). The van der Waals surface area contributed by atoms with E-state index in [1.807, 2.05) is 26.2 Å². The molecule has 0 aromatic carbocycles. The summed E-state index contributed by atoms with van der Waals surface area (Å²) in [5.74, 6) is 0. The van der Waals surface area contributed by atoms with E-state index >= 15 is 0 Å². The van der Waals surface area contributed by atoms with E-state index in [0.717, 1.165) is 16.5 Å². The molecular formula is C13H18BrNO3S. The molecule has 0 aliphatic carbocycles. The maximum absolute atomic E-state index is 11.1. The maximum atomic E-state index is 11.1. The highest BCUT2D eigenvalue weighted by atomic mass is 79.9. The molecule has 4 nitrogen and oxygen atoms in total. The number of nitrogens with one attached hydrogen (secondary N) is 1. The molecule has 0 spiro atoms. The van der Waals surface area contributed by atoms with E-state index in [2.05, 4.69) is 21.2 Å². The lowest BCUT2D eigenvalue weighted by molar-refractivity contribution is -0.0119. The first-order valence-electron chi connectivity index (χ1n) is 6.17. The van der Waals surface area contributed by atoms with Crippen LogP contribution in [-0.2, 0) is 11.2 Å². The Morgan fingerprint density at radius 2 is 2.32 bits per heavy atom. The smallest absolute Gasteiger partial charge is 0.404 e. The summed E-state index contributed by atoms with van der Waals surface area (Å²) in [7, 11) is 0. The SMILES string of the molecule is CC(C)(C)C(NC(=O)O)C1OCCc2scc(Br)c21. The van der Waals surface area contributed by atoms with Gasteiger partial charge < -0.3 is 15.2 Å². The molecule has 2 unspecified atom stereocenters. The van der Waals surface area contributed by atoms with Gasteiger partial charge in [0.15, 0.2) is 0 Å². The summed E-state index contributed by atoms with van der Waals surface area (Å²) in [5, 5.41) is 13.7. The Kier molecular flexibility index (Phi) is 4.23. The van der Waals surface area contributed by atoms with Crippen molar-refractivity contribution in [3.63, 3.8) is 0 Å². The summed E-state index contributed by atoms with van der Waals surface area (Å²) in [5.41, 5.74) is 0.879. The van der Waals surface area contributed by atoms with Crippen molar-refractivity contribution in [1.29, 1.82) is 0 Å². The van der Waals surface area contributed by atoms with Gasteiger partial charge in [-0.3, -0.25) is 0 Å². The number of fused-ring (bicyclic) bond motifs is 1. The third-order valence-corrected chi connectivity index (χ3v) is 5.31. The quantitative estimate of drug-likeness (QED) is 0.855. The fraction of sp³-hybridized carbons (Fsp3) is 0.615. The summed E-state index contributed by atoms with van der Waals surface area (Å²) in [6, 6.07) is -0.282. The number of amides is 1. The number of carboxylic acid groups (broad SMARTS) is 1. The second-order valence-corrected chi connectivity index (χ2v) is 7.57. The van der Waals surface area contributed by atoms with Crippen LogP contribution < -0.4 is 5.32 Å². The molecule has 6 heteroatoms. The van der Waals surface area contributed by atoms with Crippen molar-refractivity contribution in [3.8, 4) is 0 Å². The van der Waals surface area contributed by atoms with Crippen LogP contribution in [0.25, 0.3) is 0 Å². The molecule has 0 saturated carbocycles. The third kappa shape index (κ3) is 3.12. The molecule has 0 bridgehead atoms. The summed E-state index contributed by atoms with van der Waals surface area (Å²) >= 11 is 5.25. The van der Waals surface area contributed by atoms with Crippen LogP contribution in [0.4, 0.5) is 4.79 Å². The molecule has 1 aliphatic rings. The van der Waals surface area contributed by atoms with Crippen LogP contribution in [0.2, 0.25) is 0 Å². The Morgan fingerprint density at radius 3 is 2.89 bits per heavy atom. The fourth-order valence-corrected chi connectivity index (χ4v) is 4.18. The first kappa shape index (κ1) is 14.8. The Labute approximate surface area is 125 Å². The number of hydrogen-bond donors (Lipinski definition) is 2. The van der Waals surface area contributed by atoms with Crippen molar-refractivity contribution >= 4 is 33.4 Å². The van der Waals surface area contributed by atoms with E-state index in [4.69, 9.17) is 9.84 Å². The number of carbonyl (C=O) groups is 1. The van der Waals surface area contributed by atoms with E-state index in [1.165, 1.54) is 4.88 Å². The van der Waals surface area contributed by atoms with Gasteiger partial charge in [-0.2, -0.15) is 0 Å². The van der Waals surface area contributed by atoms with Gasteiger partial charge in [0.1, 0.15) is 6.10 Å². The van der Waals surface area contributed by atoms with Crippen molar-refractivity contribution in [2.24, 2.45) is 5.41 Å². The highest BCUT2D eigenvalue weighted by molar-refractivity contribution is 9.10. The zero-order chi connectivity index (χ0) is 14.2. The molecule has 1 aromatic heterocycles. The van der Waals surface area contributed by atoms with E-state index in [-0.39, 0.29) is 17.6 Å². The molecule has 0 radical (unpaired) electrons. The second-order valence-electron chi connectivity index (χ2n) is 5.76. The number of hydrogen-bond acceptors (Lipinski definition) is 3. The van der Waals surface area contributed by atoms with Crippen molar-refractivity contribution < 1.29 is 14.6 Å². The largest absolute Gasteiger partial charge is 0.465 e. The zero-order valence-corrected chi connectivity index (χ0v) is 13.6. The standard InChI is InChI=1S/C13H18BrNO3S/c1-13(2,3)11(15-12(16)17)10-9-7(14)6-19-8(9)4-5-18-10/h6,10-11,15H,4-5H2,1-3H3,(H,16,17). The van der Waals surface area contributed by atoms with Gasteiger partial charge in [-0.05, 0) is 21.3 Å². The summed E-state index contributed by atoms with van der Waals surface area (Å²) in [6.45, 7) is 6.70. The van der Waals surface area contributed by atoms with Gasteiger partial charge in [-0.25, -0.2) is 4.79 Å². The molecule has 1 aliphatic heterocycles. The molecule has 2 heterocycles. The van der Waals surface area contributed by atoms with Crippen LogP contribution in [0, 0.1) is 5.41 Å². The highest BCUT2D eigenvalue weighted by Gasteiger charge is 2.39. The normalized spacial score (nSPS) is 20.7. The molecular weight excluding hydrogens is 330 g/mol. The van der Waals surface area contributed by atoms with E-state index in [9.17, 15) is 4.79 Å². The molecule has 19 heavy (non-hydrogen) atoms. The summed E-state index contributed by atoms with van der Waals surface area (Å²) in [4.78, 5) is 12.3. The number of thiophene rings is 1. The van der Waals surface area contributed by atoms with Crippen LogP contribution in [0.3, 0.4) is 0 Å². The van der Waals surface area contributed by atoms with Crippen molar-refractivity contribution in [2.45, 2.75) is 39.3 Å². The Balaban J connectivity index is 2.38. The first-order valence-corrected chi connectivity index (χ1v) is 7.85. The predicted molar refractivity (Wildman–Crippen MR) is 78.8 cm³/mol. The van der Waals surface area contributed by atoms with E-state index in [0.29, 0.717) is 6.61 Å². The topological polar surface area (TPSA) is 58.6 Å². The molecule has 2 N–H and O–H groups in total. The van der Waals surface area contributed by atoms with E-state index in [1.54, 1.807) is 11.3 Å². The van der Waals surface area contributed by atoms with Gasteiger partial charge in [0, 0.05) is 26.7 Å². The maximum Gasteiger partial charge on any atom is 0.404 e. The lowest BCUT2D eigenvalue weighted by atomic mass is 9.80. The number of halogens is 1. The third-order valence-electron chi connectivity index (χ3n) is 3.29. The molecule has 1 amide bonds. The van der Waals surface area contributed by atoms with Crippen molar-refractivity contribution in [3.05, 3.63) is 20.3 Å². The Morgan fingerprint density at radius 1 is 1.63 bits per heavy atom. The molecule has 2 atom stereocenters. The molecule has 0 fully saturated rings. The minimum Gasteiger partial charge on any atom is -0.465 e. The van der Waals surface area contributed by atoms with Gasteiger partial charge in [0.25, 0.3) is 0 Å². The van der Waals surface area contributed by atoms with E-state index < -0.39 is 6.09 Å². The first-order chi connectivity index (χ1) is 8.80. The van der Waals surface area contributed by atoms with Crippen LogP contribution in [0.15, 0.2) is 9.85 Å². The Bertz CT molecular complexity index is 481. The van der Waals surface area contributed by atoms with Crippen molar-refractivity contribution in [2.75, 3.05) is 6.61 Å². The van der Waals surface area contributed by atoms with Crippen molar-refractivity contribution in [1.82, 2.24) is 5.32 Å². The van der Waals surface area contributed by atoms with Crippen LogP contribution >= 0.6 is 27.3 Å². The lowest BCUT2D eigenvalue weighted by Gasteiger charge is -2.38. The molecule has 1 aromatic rings. The van der Waals surface area contributed by atoms with Crippen LogP contribution in [0.1, 0.15) is 37.3 Å². The van der Waals surface area contributed by atoms with Crippen LogP contribution in [0.5, 0.6) is 0 Å². The Hall–Kier alpha value is -0.590. The van der Waals surface area contributed by atoms with Gasteiger partial charge in [0.2, 0.25) is 0 Å². The monoisotopic (exact) mass is 347 g/mol. The number of ether oxygens (including phenoxy) is 1. The minimum atomic E-state index is -1.01. The van der Waals surface area contributed by atoms with Gasteiger partial charge in [-0.15, -0.1) is 11.3 Å². The summed E-state index contributed by atoms with van der Waals surface area (Å²) in [6.07, 6.45) is -0.353. The minimum absolute atomic E-state index is 0.223. The van der Waals surface area contributed by atoms with Crippen LogP contribution in [-0.4, -0.2) is 23.8 Å². The number of rotatable bonds is 2. The lowest BCUT2D eigenvalue weighted by Crippen LogP contribution is -2.48. The fourth-order valence-electron chi connectivity index (χ4n) is 2.38. The highest BCUT2D eigenvalue weighted by Crippen LogP contribution is 2.43. The van der Waals surface area contributed by atoms with Gasteiger partial charge in [-0.1, -0.05) is 20.8 Å². The second kappa shape index (κ2) is 5.42. The summed E-state index contributed by atoms with van der Waals surface area (Å²) < 4.78 is 6.90. The average Bonchev–Trinajstić information content (AvgIpc) is 2.67. The van der Waals surface area contributed by atoms with Gasteiger partial charge >= 0.3 is 6.09 Å². The average molecular weight is 348 g/mol. The molecule has 0 saturated heterocycles. The zero-order valence-electron chi connectivity index (χ0n) is 11.2. The van der Waals surface area contributed by atoms with Gasteiger partial charge in [0.05, 0.1) is 12.6 Å².